The van der Waals surface area contributed by atoms with Crippen LogP contribution in [0.5, 0.6) is 0 Å². The van der Waals surface area contributed by atoms with Crippen LogP contribution in [0, 0.1) is 83.1 Å². The maximum absolute atomic E-state index is 7.01. The Bertz CT molecular complexity index is 1260. The Morgan fingerprint density at radius 2 is 0.450 bits per heavy atom. The molecule has 0 amide bonds. The first-order valence-electron chi connectivity index (χ1n) is 14.2. The third kappa shape index (κ3) is 6.36. The molecule has 0 bridgehead atoms. The van der Waals surface area contributed by atoms with E-state index >= 15 is 0 Å². The molecule has 0 heterocycles. The molecule has 4 aromatic rings. The van der Waals surface area contributed by atoms with Gasteiger partial charge in [0.15, 0.2) is 0 Å². The van der Waals surface area contributed by atoms with Crippen molar-refractivity contribution in [2.45, 2.75) is 83.1 Å². The second-order valence-corrected chi connectivity index (χ2v) is 19.6. The van der Waals surface area contributed by atoms with Gasteiger partial charge >= 0.3 is 253 Å². The quantitative estimate of drug-likeness (QED) is 0.134. The summed E-state index contributed by atoms with van der Waals surface area (Å²) in [4.78, 5) is 0. The van der Waals surface area contributed by atoms with E-state index in [1.807, 2.05) is 0 Å². The van der Waals surface area contributed by atoms with Crippen molar-refractivity contribution in [2.24, 2.45) is 0 Å². The third-order valence-corrected chi connectivity index (χ3v) is 20.0. The molecule has 0 aliphatic carbocycles. The van der Waals surface area contributed by atoms with E-state index in [0.29, 0.717) is 0 Å². The summed E-state index contributed by atoms with van der Waals surface area (Å²) in [5.41, 5.74) is 15.6. The van der Waals surface area contributed by atoms with Crippen molar-refractivity contribution in [3.63, 3.8) is 0 Å². The first kappa shape index (κ1) is 30.8. The van der Waals surface area contributed by atoms with E-state index in [2.05, 4.69) is 132 Å². The Labute approximate surface area is 252 Å². The molecule has 4 aromatic carbocycles. The van der Waals surface area contributed by atoms with Gasteiger partial charge in [0.2, 0.25) is 0 Å². The molecule has 0 atom stereocenters. The molecule has 0 aliphatic rings. The van der Waals surface area contributed by atoms with E-state index < -0.39 is 29.4 Å². The Hall–Kier alpha value is -2.11. The van der Waals surface area contributed by atoms with Crippen molar-refractivity contribution in [1.82, 2.24) is 0 Å². The first-order chi connectivity index (χ1) is 18.8. The van der Waals surface area contributed by atoms with Crippen LogP contribution in [-0.4, -0.2) is 29.4 Å². The molecular formula is C36H44Ge2O2. The van der Waals surface area contributed by atoms with Crippen molar-refractivity contribution >= 4 is 47.0 Å². The van der Waals surface area contributed by atoms with Crippen LogP contribution in [-0.2, 0) is 7.83 Å². The molecule has 208 valence electrons. The van der Waals surface area contributed by atoms with Crippen LogP contribution in [0.1, 0.15) is 66.8 Å². The summed E-state index contributed by atoms with van der Waals surface area (Å²) >= 11 is -5.19. The van der Waals surface area contributed by atoms with Crippen LogP contribution in [0.4, 0.5) is 0 Å². The Kier molecular flexibility index (Phi) is 9.56. The van der Waals surface area contributed by atoms with Crippen LogP contribution < -0.4 is 17.6 Å². The molecule has 0 aliphatic heterocycles. The van der Waals surface area contributed by atoms with Crippen molar-refractivity contribution in [1.29, 1.82) is 0 Å². The van der Waals surface area contributed by atoms with Crippen LogP contribution >= 0.6 is 0 Å². The molecule has 0 saturated carbocycles. The second kappa shape index (κ2) is 12.4. The first-order valence-corrected chi connectivity index (χ1v) is 20.1. The Morgan fingerprint density at radius 1 is 0.300 bits per heavy atom. The van der Waals surface area contributed by atoms with Crippen LogP contribution in [0.2, 0.25) is 0 Å². The van der Waals surface area contributed by atoms with Gasteiger partial charge in [-0.25, -0.2) is 0 Å². The van der Waals surface area contributed by atoms with Crippen molar-refractivity contribution < 1.29 is 7.83 Å². The summed E-state index contributed by atoms with van der Waals surface area (Å²) < 4.78 is 19.5. The van der Waals surface area contributed by atoms with Crippen molar-refractivity contribution in [2.75, 3.05) is 0 Å². The molecule has 40 heavy (non-hydrogen) atoms. The van der Waals surface area contributed by atoms with Gasteiger partial charge < -0.3 is 0 Å². The molecular weight excluding hydrogens is 610 g/mol. The fourth-order valence-electron chi connectivity index (χ4n) is 6.65. The van der Waals surface area contributed by atoms with E-state index in [-0.39, 0.29) is 0 Å². The Balaban J connectivity index is 1.93. The summed E-state index contributed by atoms with van der Waals surface area (Å²) in [6.07, 6.45) is 0. The van der Waals surface area contributed by atoms with E-state index in [9.17, 15) is 0 Å². The number of aryl methyl sites for hydroxylation is 12. The monoisotopic (exact) mass is 656 g/mol. The summed E-state index contributed by atoms with van der Waals surface area (Å²) in [5.74, 6) is 0. The van der Waals surface area contributed by atoms with Crippen LogP contribution in [0.15, 0.2) is 48.5 Å². The standard InChI is InChI=1S/C36H44Ge2O2/c1-21-13-25(5)33(26(6)14-21)37(34-27(7)15-22(2)16-28(34)8)39-40-38(35-29(9)17-23(3)18-30(35)10)36-31(11)19-24(4)20-32(36)12/h13-20H,1-12H3. The van der Waals surface area contributed by atoms with Gasteiger partial charge in [-0.3, -0.25) is 0 Å². The average Bonchev–Trinajstić information content (AvgIpc) is 2.79. The number of rotatable bonds is 7. The topological polar surface area (TPSA) is 18.5 Å². The second-order valence-electron chi connectivity index (χ2n) is 11.9. The SMILES string of the molecule is Cc1cc(C)[c]([Ge]([O][O][Ge]([c]2c(C)cc(C)cc2C)[c]2c(C)cc(C)cc2C)[c]2c(C)cc(C)cc2C)c(C)c1. The maximum atomic E-state index is 7.01. The predicted octanol–water partition coefficient (Wildman–Crippen LogP) is 6.25. The summed E-state index contributed by atoms with van der Waals surface area (Å²) in [6, 6.07) is 18.4. The molecule has 2 nitrogen and oxygen atoms in total. The molecule has 0 aromatic heterocycles. The normalized spacial score (nSPS) is 11.7. The molecule has 0 saturated heterocycles. The van der Waals surface area contributed by atoms with Gasteiger partial charge in [-0.05, 0) is 0 Å². The van der Waals surface area contributed by atoms with Gasteiger partial charge in [-0.15, -0.1) is 0 Å². The Morgan fingerprint density at radius 3 is 0.600 bits per heavy atom. The van der Waals surface area contributed by atoms with Gasteiger partial charge in [-0.1, -0.05) is 0 Å². The molecule has 0 unspecified atom stereocenters. The van der Waals surface area contributed by atoms with E-state index in [4.69, 9.17) is 7.83 Å². The van der Waals surface area contributed by atoms with Gasteiger partial charge in [0.05, 0.1) is 0 Å². The summed E-state index contributed by atoms with van der Waals surface area (Å²) in [6.45, 7) is 26.6. The zero-order chi connectivity index (χ0) is 29.5. The number of hydrogen-bond donors (Lipinski definition) is 0. The molecule has 4 heteroatoms. The minimum absolute atomic E-state index is 1.29. The number of hydrogen-bond acceptors (Lipinski definition) is 2. The summed E-state index contributed by atoms with van der Waals surface area (Å²) in [5, 5.41) is 0. The van der Waals surface area contributed by atoms with Gasteiger partial charge in [0.1, 0.15) is 0 Å². The summed E-state index contributed by atoms with van der Waals surface area (Å²) in [7, 11) is 0. The fourth-order valence-corrected chi connectivity index (χ4v) is 17.8. The fraction of sp³-hybridized carbons (Fsp3) is 0.333. The van der Waals surface area contributed by atoms with E-state index in [1.165, 1.54) is 84.3 Å². The molecule has 2 radical (unpaired) electrons. The number of benzene rings is 4. The van der Waals surface area contributed by atoms with Crippen molar-refractivity contribution in [3.8, 4) is 0 Å². The zero-order valence-electron chi connectivity index (χ0n) is 26.4. The van der Waals surface area contributed by atoms with Crippen LogP contribution in [0.25, 0.3) is 0 Å². The third-order valence-electron chi connectivity index (χ3n) is 7.82. The molecule has 4 rings (SSSR count). The minimum atomic E-state index is -2.59. The average molecular weight is 654 g/mol. The van der Waals surface area contributed by atoms with E-state index in [1.54, 1.807) is 0 Å². The molecule has 0 spiro atoms. The van der Waals surface area contributed by atoms with Crippen LogP contribution in [0.3, 0.4) is 0 Å². The predicted molar refractivity (Wildman–Crippen MR) is 175 cm³/mol. The van der Waals surface area contributed by atoms with Gasteiger partial charge in [0, 0.05) is 0 Å². The van der Waals surface area contributed by atoms with Gasteiger partial charge in [-0.2, -0.15) is 0 Å². The van der Waals surface area contributed by atoms with Gasteiger partial charge in [0.25, 0.3) is 0 Å². The zero-order valence-corrected chi connectivity index (χ0v) is 30.6. The van der Waals surface area contributed by atoms with Crippen molar-refractivity contribution in [3.05, 3.63) is 115 Å². The molecule has 0 fully saturated rings. The van der Waals surface area contributed by atoms with E-state index in [0.717, 1.165) is 0 Å². The molecule has 0 N–H and O–H groups in total.